The van der Waals surface area contributed by atoms with Crippen LogP contribution in [0.3, 0.4) is 0 Å². The summed E-state index contributed by atoms with van der Waals surface area (Å²) in [7, 11) is 0. The van der Waals surface area contributed by atoms with Crippen LogP contribution in [0.2, 0.25) is 10.0 Å². The second kappa shape index (κ2) is 10.4. The van der Waals surface area contributed by atoms with Crippen LogP contribution < -0.4 is 4.90 Å². The van der Waals surface area contributed by atoms with Gasteiger partial charge in [-0.3, -0.25) is 4.79 Å². The maximum atomic E-state index is 12.5. The molecule has 0 spiro atoms. The monoisotopic (exact) mass is 472 g/mol. The predicted molar refractivity (Wildman–Crippen MR) is 128 cm³/mol. The van der Waals surface area contributed by atoms with Crippen LogP contribution in [0.25, 0.3) is 11.3 Å². The van der Waals surface area contributed by atoms with E-state index < -0.39 is 0 Å². The molecule has 0 aliphatic carbocycles. The van der Waals surface area contributed by atoms with Crippen molar-refractivity contribution < 1.29 is 4.79 Å². The van der Waals surface area contributed by atoms with Crippen molar-refractivity contribution >= 4 is 46.7 Å². The van der Waals surface area contributed by atoms with Crippen LogP contribution in [0.4, 0.5) is 5.82 Å². The zero-order valence-corrected chi connectivity index (χ0v) is 19.2. The molecule has 31 heavy (non-hydrogen) atoms. The van der Waals surface area contributed by atoms with Gasteiger partial charge in [-0.15, -0.1) is 22.0 Å². The van der Waals surface area contributed by atoms with Crippen molar-refractivity contribution in [2.45, 2.75) is 11.3 Å². The van der Waals surface area contributed by atoms with Gasteiger partial charge in [-0.25, -0.2) is 0 Å². The maximum absolute atomic E-state index is 12.5. The van der Waals surface area contributed by atoms with Gasteiger partial charge in [0.1, 0.15) is 0 Å². The van der Waals surface area contributed by atoms with Crippen molar-refractivity contribution in [3.63, 3.8) is 0 Å². The van der Waals surface area contributed by atoms with E-state index in [-0.39, 0.29) is 5.91 Å². The van der Waals surface area contributed by atoms with E-state index in [0.717, 1.165) is 30.2 Å². The summed E-state index contributed by atoms with van der Waals surface area (Å²) in [6, 6.07) is 19.4. The molecule has 0 N–H and O–H groups in total. The SMILES string of the molecule is O=C(CCSc1ccccc1)N1CCN(c2ccc(-c3ccc(Cl)cc3Cl)nn2)CC1. The van der Waals surface area contributed by atoms with E-state index in [1.165, 1.54) is 4.90 Å². The lowest BCUT2D eigenvalue weighted by Gasteiger charge is -2.35. The number of anilines is 1. The maximum Gasteiger partial charge on any atom is 0.223 e. The van der Waals surface area contributed by atoms with E-state index in [0.29, 0.717) is 35.2 Å². The molecule has 8 heteroatoms. The van der Waals surface area contributed by atoms with Crippen molar-refractivity contribution in [2.24, 2.45) is 0 Å². The zero-order chi connectivity index (χ0) is 21.6. The summed E-state index contributed by atoms with van der Waals surface area (Å²) in [6.45, 7) is 2.88. The minimum absolute atomic E-state index is 0.210. The van der Waals surface area contributed by atoms with E-state index in [1.807, 2.05) is 41.3 Å². The highest BCUT2D eigenvalue weighted by Gasteiger charge is 2.22. The Bertz CT molecular complexity index is 1030. The van der Waals surface area contributed by atoms with Crippen LogP contribution in [0.5, 0.6) is 0 Å². The quantitative estimate of drug-likeness (QED) is 0.456. The van der Waals surface area contributed by atoms with Gasteiger partial charge in [0.15, 0.2) is 5.82 Å². The van der Waals surface area contributed by atoms with Gasteiger partial charge in [-0.2, -0.15) is 0 Å². The number of hydrogen-bond donors (Lipinski definition) is 0. The highest BCUT2D eigenvalue weighted by atomic mass is 35.5. The molecule has 1 saturated heterocycles. The fourth-order valence-electron chi connectivity index (χ4n) is 3.45. The summed E-state index contributed by atoms with van der Waals surface area (Å²) in [6.07, 6.45) is 0.552. The molecule has 1 aromatic heterocycles. The summed E-state index contributed by atoms with van der Waals surface area (Å²) < 4.78 is 0. The van der Waals surface area contributed by atoms with Crippen LogP contribution in [-0.4, -0.2) is 52.9 Å². The third-order valence-electron chi connectivity index (χ3n) is 5.14. The molecule has 3 aromatic rings. The number of carbonyl (C=O) groups excluding carboxylic acids is 1. The number of thioether (sulfide) groups is 1. The van der Waals surface area contributed by atoms with Gasteiger partial charge in [0, 0.05) is 53.8 Å². The van der Waals surface area contributed by atoms with Crippen LogP contribution in [-0.2, 0) is 4.79 Å². The lowest BCUT2D eigenvalue weighted by Crippen LogP contribution is -2.49. The first-order valence-corrected chi connectivity index (χ1v) is 11.8. The molecule has 4 rings (SSSR count). The number of aromatic nitrogens is 2. The third kappa shape index (κ3) is 5.70. The first-order chi connectivity index (χ1) is 15.1. The third-order valence-corrected chi connectivity index (χ3v) is 6.70. The first-order valence-electron chi connectivity index (χ1n) is 10.1. The minimum atomic E-state index is 0.210. The van der Waals surface area contributed by atoms with E-state index in [9.17, 15) is 4.79 Å². The average molecular weight is 473 g/mol. The summed E-state index contributed by atoms with van der Waals surface area (Å²) in [5.74, 6) is 1.81. The Morgan fingerprint density at radius 3 is 2.39 bits per heavy atom. The molecule has 0 saturated carbocycles. The molecule has 0 radical (unpaired) electrons. The van der Waals surface area contributed by atoms with Crippen molar-refractivity contribution in [3.8, 4) is 11.3 Å². The second-order valence-electron chi connectivity index (χ2n) is 7.18. The van der Waals surface area contributed by atoms with E-state index >= 15 is 0 Å². The van der Waals surface area contributed by atoms with Gasteiger partial charge in [0.05, 0.1) is 10.7 Å². The number of benzene rings is 2. The largest absolute Gasteiger partial charge is 0.352 e. The lowest BCUT2D eigenvalue weighted by molar-refractivity contribution is -0.131. The van der Waals surface area contributed by atoms with Crippen LogP contribution in [0.1, 0.15) is 6.42 Å². The molecular formula is C23H22Cl2N4OS. The molecule has 0 atom stereocenters. The first kappa shape index (κ1) is 21.9. The Hall–Kier alpha value is -2.28. The van der Waals surface area contributed by atoms with Crippen LogP contribution >= 0.6 is 35.0 Å². The molecule has 5 nitrogen and oxygen atoms in total. The Balaban J connectivity index is 1.28. The molecule has 2 aromatic carbocycles. The molecule has 1 fully saturated rings. The smallest absolute Gasteiger partial charge is 0.223 e. The lowest BCUT2D eigenvalue weighted by atomic mass is 10.1. The predicted octanol–water partition coefficient (Wildman–Crippen LogP) is 5.28. The summed E-state index contributed by atoms with van der Waals surface area (Å²) in [5, 5.41) is 9.84. The summed E-state index contributed by atoms with van der Waals surface area (Å²) in [5.41, 5.74) is 1.50. The molecule has 1 aliphatic heterocycles. The van der Waals surface area contributed by atoms with Crippen molar-refractivity contribution in [3.05, 3.63) is 70.7 Å². The summed E-state index contributed by atoms with van der Waals surface area (Å²) >= 11 is 14.0. The number of amides is 1. The number of nitrogens with zero attached hydrogens (tertiary/aromatic N) is 4. The highest BCUT2D eigenvalue weighted by Crippen LogP contribution is 2.29. The number of rotatable bonds is 6. The fraction of sp³-hybridized carbons (Fsp3) is 0.261. The van der Waals surface area contributed by atoms with E-state index in [2.05, 4.69) is 27.2 Å². The van der Waals surface area contributed by atoms with Gasteiger partial charge < -0.3 is 9.80 Å². The Labute approximate surface area is 196 Å². The van der Waals surface area contributed by atoms with Gasteiger partial charge in [-0.1, -0.05) is 41.4 Å². The van der Waals surface area contributed by atoms with Crippen LogP contribution in [0.15, 0.2) is 65.6 Å². The number of hydrogen-bond acceptors (Lipinski definition) is 5. The topological polar surface area (TPSA) is 49.3 Å². The Morgan fingerprint density at radius 2 is 1.71 bits per heavy atom. The Kier molecular flexibility index (Phi) is 7.33. The number of carbonyl (C=O) groups is 1. The standard InChI is InChI=1S/C23H22Cl2N4OS/c24-17-6-7-19(20(25)16-17)21-8-9-22(27-26-21)28-11-13-29(14-12-28)23(30)10-15-31-18-4-2-1-3-5-18/h1-9,16H,10-15H2. The van der Waals surface area contributed by atoms with Crippen molar-refractivity contribution in [1.29, 1.82) is 0 Å². The second-order valence-corrected chi connectivity index (χ2v) is 9.19. The number of piperazine rings is 1. The van der Waals surface area contributed by atoms with Gasteiger partial charge >= 0.3 is 0 Å². The highest BCUT2D eigenvalue weighted by molar-refractivity contribution is 7.99. The molecule has 1 aliphatic rings. The van der Waals surface area contributed by atoms with E-state index in [4.69, 9.17) is 23.2 Å². The van der Waals surface area contributed by atoms with E-state index in [1.54, 1.807) is 23.9 Å². The molecule has 2 heterocycles. The number of halogens is 2. The van der Waals surface area contributed by atoms with Gasteiger partial charge in [-0.05, 0) is 42.5 Å². The van der Waals surface area contributed by atoms with Crippen molar-refractivity contribution in [1.82, 2.24) is 15.1 Å². The Morgan fingerprint density at radius 1 is 0.935 bits per heavy atom. The molecule has 0 bridgehead atoms. The minimum Gasteiger partial charge on any atom is -0.352 e. The average Bonchev–Trinajstić information content (AvgIpc) is 2.80. The zero-order valence-electron chi connectivity index (χ0n) is 16.9. The normalized spacial score (nSPS) is 14.0. The molecule has 1 amide bonds. The van der Waals surface area contributed by atoms with Crippen molar-refractivity contribution in [2.75, 3.05) is 36.8 Å². The molecule has 0 unspecified atom stereocenters. The molecule has 160 valence electrons. The summed E-state index contributed by atoms with van der Waals surface area (Å²) in [4.78, 5) is 17.8. The fourth-order valence-corrected chi connectivity index (χ4v) is 4.82. The van der Waals surface area contributed by atoms with Gasteiger partial charge in [0.25, 0.3) is 0 Å². The van der Waals surface area contributed by atoms with Crippen LogP contribution in [0, 0.1) is 0 Å². The van der Waals surface area contributed by atoms with Gasteiger partial charge in [0.2, 0.25) is 5.91 Å². The molecular weight excluding hydrogens is 451 g/mol.